The van der Waals surface area contributed by atoms with Gasteiger partial charge in [-0.15, -0.1) is 0 Å². The van der Waals surface area contributed by atoms with E-state index in [-0.39, 0.29) is 23.7 Å². The number of carbonyl (C=O) groups is 1. The van der Waals surface area contributed by atoms with Crippen LogP contribution >= 0.6 is 0 Å². The first-order chi connectivity index (χ1) is 15.0. The lowest BCUT2D eigenvalue weighted by molar-refractivity contribution is -0.125. The van der Waals surface area contributed by atoms with E-state index in [9.17, 15) is 9.18 Å². The minimum Gasteiger partial charge on any atom is -0.359 e. The fourth-order valence-electron chi connectivity index (χ4n) is 3.28. The Morgan fingerprint density at radius 1 is 1.16 bits per heavy atom. The van der Waals surface area contributed by atoms with Crippen molar-refractivity contribution in [2.24, 2.45) is 5.92 Å². The van der Waals surface area contributed by atoms with Gasteiger partial charge in [0.1, 0.15) is 23.3 Å². The Balaban J connectivity index is 1.56. The standard InChI is InChI=1S/C21H23FN8O/c1-13(14-3-5-16(22)6-4-14)26-21-28-17(27-18-10-24-7-8-25-18)9-19(29-21)30-11-15(12-30)20(31)23-2/h3-10,13,15H,11-12H2,1-2H3,(H,23,31)(H2,25,26,27,28,29). The maximum Gasteiger partial charge on any atom is 0.227 e. The summed E-state index contributed by atoms with van der Waals surface area (Å²) in [5, 5.41) is 9.08. The second kappa shape index (κ2) is 8.90. The number of rotatable bonds is 7. The quantitative estimate of drug-likeness (QED) is 0.533. The highest BCUT2D eigenvalue weighted by Crippen LogP contribution is 2.28. The molecule has 31 heavy (non-hydrogen) atoms. The molecule has 3 heterocycles. The fraction of sp³-hybridized carbons (Fsp3) is 0.286. The lowest BCUT2D eigenvalue weighted by atomic mass is 9.99. The van der Waals surface area contributed by atoms with E-state index in [0.29, 0.717) is 36.5 Å². The van der Waals surface area contributed by atoms with Crippen LogP contribution in [0.25, 0.3) is 0 Å². The van der Waals surface area contributed by atoms with Crippen molar-refractivity contribution in [1.29, 1.82) is 0 Å². The Morgan fingerprint density at radius 2 is 1.94 bits per heavy atom. The number of carbonyl (C=O) groups excluding carboxylic acids is 1. The Kier molecular flexibility index (Phi) is 5.87. The molecule has 1 atom stereocenters. The molecular weight excluding hydrogens is 399 g/mol. The minimum atomic E-state index is -0.284. The van der Waals surface area contributed by atoms with Gasteiger partial charge >= 0.3 is 0 Å². The SMILES string of the molecule is CNC(=O)C1CN(c2cc(Nc3cnccn3)nc(NC(C)c3ccc(F)cc3)n2)C1. The third kappa shape index (κ3) is 4.85. The van der Waals surface area contributed by atoms with E-state index in [2.05, 4.69) is 35.9 Å². The summed E-state index contributed by atoms with van der Waals surface area (Å²) in [6.45, 7) is 3.10. The van der Waals surface area contributed by atoms with E-state index in [1.807, 2.05) is 17.9 Å². The number of aromatic nitrogens is 4. The van der Waals surface area contributed by atoms with Gasteiger partial charge in [0.15, 0.2) is 0 Å². The summed E-state index contributed by atoms with van der Waals surface area (Å²) in [5.41, 5.74) is 0.905. The van der Waals surface area contributed by atoms with Crippen molar-refractivity contribution in [2.75, 3.05) is 35.7 Å². The smallest absolute Gasteiger partial charge is 0.227 e. The van der Waals surface area contributed by atoms with Gasteiger partial charge in [0, 0.05) is 38.6 Å². The third-order valence-electron chi connectivity index (χ3n) is 5.07. The zero-order valence-corrected chi connectivity index (χ0v) is 17.2. The molecule has 3 N–H and O–H groups in total. The second-order valence-corrected chi connectivity index (χ2v) is 7.28. The van der Waals surface area contributed by atoms with Gasteiger partial charge < -0.3 is 20.9 Å². The lowest BCUT2D eigenvalue weighted by Crippen LogP contribution is -2.53. The Labute approximate surface area is 179 Å². The molecule has 0 bridgehead atoms. The maximum absolute atomic E-state index is 13.2. The number of anilines is 4. The maximum atomic E-state index is 13.2. The van der Waals surface area contributed by atoms with Crippen molar-refractivity contribution in [3.63, 3.8) is 0 Å². The van der Waals surface area contributed by atoms with E-state index in [1.54, 1.807) is 37.8 Å². The summed E-state index contributed by atoms with van der Waals surface area (Å²) in [7, 11) is 1.64. The topological polar surface area (TPSA) is 108 Å². The molecule has 3 aromatic rings. The molecule has 1 fully saturated rings. The largest absolute Gasteiger partial charge is 0.359 e. The van der Waals surface area contributed by atoms with Gasteiger partial charge in [-0.2, -0.15) is 9.97 Å². The second-order valence-electron chi connectivity index (χ2n) is 7.28. The molecule has 160 valence electrons. The Bertz CT molecular complexity index is 1040. The van der Waals surface area contributed by atoms with Crippen molar-refractivity contribution < 1.29 is 9.18 Å². The van der Waals surface area contributed by atoms with Crippen LogP contribution in [0.1, 0.15) is 18.5 Å². The summed E-state index contributed by atoms with van der Waals surface area (Å²) in [6.07, 6.45) is 4.78. The highest BCUT2D eigenvalue weighted by atomic mass is 19.1. The zero-order valence-electron chi connectivity index (χ0n) is 17.2. The van der Waals surface area contributed by atoms with Crippen molar-refractivity contribution in [3.8, 4) is 0 Å². The molecule has 1 aliphatic heterocycles. The third-order valence-corrected chi connectivity index (χ3v) is 5.07. The highest BCUT2D eigenvalue weighted by molar-refractivity contribution is 5.81. The summed E-state index contributed by atoms with van der Waals surface area (Å²) < 4.78 is 13.2. The monoisotopic (exact) mass is 422 g/mol. The number of benzene rings is 1. The van der Waals surface area contributed by atoms with E-state index in [1.165, 1.54) is 12.1 Å². The Morgan fingerprint density at radius 3 is 2.61 bits per heavy atom. The number of nitrogens with one attached hydrogen (secondary N) is 3. The number of nitrogens with zero attached hydrogens (tertiary/aromatic N) is 5. The van der Waals surface area contributed by atoms with Crippen LogP contribution in [0.2, 0.25) is 0 Å². The number of halogens is 1. The molecule has 0 spiro atoms. The van der Waals surface area contributed by atoms with E-state index < -0.39 is 0 Å². The molecule has 1 amide bonds. The van der Waals surface area contributed by atoms with Gasteiger partial charge in [-0.3, -0.25) is 9.78 Å². The molecule has 10 heteroatoms. The predicted octanol–water partition coefficient (Wildman–Crippen LogP) is 2.50. The molecule has 9 nitrogen and oxygen atoms in total. The first-order valence-electron chi connectivity index (χ1n) is 9.92. The molecule has 0 aliphatic carbocycles. The number of amides is 1. The molecule has 1 unspecified atom stereocenters. The van der Waals surface area contributed by atoms with Crippen LogP contribution in [0.4, 0.5) is 27.8 Å². The van der Waals surface area contributed by atoms with Crippen molar-refractivity contribution in [1.82, 2.24) is 25.3 Å². The average molecular weight is 422 g/mol. The molecular formula is C21H23FN8O. The van der Waals surface area contributed by atoms with E-state index >= 15 is 0 Å². The van der Waals surface area contributed by atoms with Gasteiger partial charge in [0.2, 0.25) is 11.9 Å². The van der Waals surface area contributed by atoms with Gasteiger partial charge in [0.05, 0.1) is 18.2 Å². The molecule has 0 radical (unpaired) electrons. The minimum absolute atomic E-state index is 0.0199. The molecule has 1 saturated heterocycles. The van der Waals surface area contributed by atoms with Crippen LogP contribution < -0.4 is 20.9 Å². The number of hydrogen-bond donors (Lipinski definition) is 3. The summed E-state index contributed by atoms with van der Waals surface area (Å²) in [6, 6.07) is 7.95. The normalized spacial score (nSPS) is 14.5. The van der Waals surface area contributed by atoms with Crippen LogP contribution in [0.3, 0.4) is 0 Å². The van der Waals surface area contributed by atoms with Gasteiger partial charge in [-0.05, 0) is 24.6 Å². The molecule has 2 aromatic heterocycles. The van der Waals surface area contributed by atoms with Crippen molar-refractivity contribution >= 4 is 29.3 Å². The predicted molar refractivity (Wildman–Crippen MR) is 116 cm³/mol. The zero-order chi connectivity index (χ0) is 21.8. The summed E-state index contributed by atoms with van der Waals surface area (Å²) >= 11 is 0. The molecule has 1 aromatic carbocycles. The molecule has 4 rings (SSSR count). The first kappa shape index (κ1) is 20.5. The Hall–Kier alpha value is -3.82. The van der Waals surface area contributed by atoms with Crippen LogP contribution in [0, 0.1) is 11.7 Å². The van der Waals surface area contributed by atoms with E-state index in [4.69, 9.17) is 0 Å². The van der Waals surface area contributed by atoms with Crippen molar-refractivity contribution in [2.45, 2.75) is 13.0 Å². The van der Waals surface area contributed by atoms with Crippen LogP contribution in [0.15, 0.2) is 48.9 Å². The number of hydrogen-bond acceptors (Lipinski definition) is 8. The average Bonchev–Trinajstić information content (AvgIpc) is 2.73. The van der Waals surface area contributed by atoms with Gasteiger partial charge in [-0.1, -0.05) is 12.1 Å². The lowest BCUT2D eigenvalue weighted by Gasteiger charge is -2.39. The van der Waals surface area contributed by atoms with Crippen LogP contribution in [-0.2, 0) is 4.79 Å². The summed E-state index contributed by atoms with van der Waals surface area (Å²) in [5.74, 6) is 1.87. The highest BCUT2D eigenvalue weighted by Gasteiger charge is 2.33. The van der Waals surface area contributed by atoms with Crippen molar-refractivity contribution in [3.05, 3.63) is 60.3 Å². The molecule has 1 aliphatic rings. The fourth-order valence-corrected chi connectivity index (χ4v) is 3.28. The first-order valence-corrected chi connectivity index (χ1v) is 9.92. The summed E-state index contributed by atoms with van der Waals surface area (Å²) in [4.78, 5) is 31.3. The van der Waals surface area contributed by atoms with Gasteiger partial charge in [-0.25, -0.2) is 9.37 Å². The van der Waals surface area contributed by atoms with Gasteiger partial charge in [0.25, 0.3) is 0 Å². The van der Waals surface area contributed by atoms with E-state index in [0.717, 1.165) is 5.56 Å². The van der Waals surface area contributed by atoms with Crippen LogP contribution in [0.5, 0.6) is 0 Å². The van der Waals surface area contributed by atoms with Crippen LogP contribution in [-0.4, -0.2) is 46.0 Å². The molecule has 0 saturated carbocycles.